The van der Waals surface area contributed by atoms with Gasteiger partial charge in [0, 0.05) is 13.1 Å². The van der Waals surface area contributed by atoms with Crippen LogP contribution in [-0.2, 0) is 22.5 Å². The Morgan fingerprint density at radius 3 is 2.89 bits per heavy atom. The molecule has 0 aliphatic carbocycles. The summed E-state index contributed by atoms with van der Waals surface area (Å²) >= 11 is 0. The van der Waals surface area contributed by atoms with Gasteiger partial charge in [0.1, 0.15) is 6.10 Å². The summed E-state index contributed by atoms with van der Waals surface area (Å²) in [5.74, 6) is 0.469. The van der Waals surface area contributed by atoms with E-state index in [0.717, 1.165) is 19.4 Å². The van der Waals surface area contributed by atoms with Crippen LogP contribution in [0.1, 0.15) is 17.5 Å². The molecule has 2 heterocycles. The lowest BCUT2D eigenvalue weighted by Gasteiger charge is -2.30. The molecule has 1 fully saturated rings. The van der Waals surface area contributed by atoms with Gasteiger partial charge in [0.05, 0.1) is 6.61 Å². The van der Waals surface area contributed by atoms with Crippen molar-refractivity contribution in [3.63, 3.8) is 0 Å². The third-order valence-electron chi connectivity index (χ3n) is 4.13. The van der Waals surface area contributed by atoms with Gasteiger partial charge in [0.25, 0.3) is 5.91 Å². The zero-order valence-corrected chi connectivity index (χ0v) is 11.0. The number of nitrogens with zero attached hydrogens (tertiary/aromatic N) is 1. The van der Waals surface area contributed by atoms with Crippen LogP contribution >= 0.6 is 0 Å². The van der Waals surface area contributed by atoms with E-state index in [-0.39, 0.29) is 12.0 Å². The fraction of sp³-hybridized carbons (Fsp3) is 0.533. The Morgan fingerprint density at radius 2 is 2.16 bits per heavy atom. The average Bonchev–Trinajstić information content (AvgIpc) is 2.95. The molecular weight excluding hydrogens is 240 g/mol. The lowest BCUT2D eigenvalue weighted by Crippen LogP contribution is -2.42. The summed E-state index contributed by atoms with van der Waals surface area (Å²) < 4.78 is 5.59. The third-order valence-corrected chi connectivity index (χ3v) is 4.13. The molecule has 1 amide bonds. The number of carbonyl (C=O) groups is 1. The Labute approximate surface area is 113 Å². The molecule has 0 spiro atoms. The molecule has 4 heteroatoms. The van der Waals surface area contributed by atoms with E-state index in [1.807, 2.05) is 11.0 Å². The van der Waals surface area contributed by atoms with Gasteiger partial charge in [0.2, 0.25) is 0 Å². The zero-order valence-electron chi connectivity index (χ0n) is 11.0. The molecule has 3 rings (SSSR count). The van der Waals surface area contributed by atoms with Gasteiger partial charge in [0.15, 0.2) is 0 Å². The summed E-state index contributed by atoms with van der Waals surface area (Å²) in [4.78, 5) is 14.4. The SMILES string of the molecule is NCC1CO[C@H](C(=O)N2CCc3ccccc3C2)C1. The van der Waals surface area contributed by atoms with E-state index in [2.05, 4.69) is 18.2 Å². The van der Waals surface area contributed by atoms with Crippen LogP contribution in [0.5, 0.6) is 0 Å². The fourth-order valence-corrected chi connectivity index (χ4v) is 2.91. The highest BCUT2D eigenvalue weighted by molar-refractivity contribution is 5.81. The summed E-state index contributed by atoms with van der Waals surface area (Å²) in [5.41, 5.74) is 8.25. The van der Waals surface area contributed by atoms with Crippen molar-refractivity contribution in [2.24, 2.45) is 11.7 Å². The molecule has 2 N–H and O–H groups in total. The maximum atomic E-state index is 12.4. The van der Waals surface area contributed by atoms with Crippen LogP contribution in [0, 0.1) is 5.92 Å². The van der Waals surface area contributed by atoms with Crippen LogP contribution in [0.25, 0.3) is 0 Å². The second-order valence-corrected chi connectivity index (χ2v) is 5.44. The lowest BCUT2D eigenvalue weighted by atomic mass is 9.99. The predicted octanol–water partition coefficient (Wildman–Crippen LogP) is 0.935. The highest BCUT2D eigenvalue weighted by atomic mass is 16.5. The van der Waals surface area contributed by atoms with E-state index >= 15 is 0 Å². The smallest absolute Gasteiger partial charge is 0.252 e. The molecule has 1 saturated heterocycles. The summed E-state index contributed by atoms with van der Waals surface area (Å²) in [6, 6.07) is 8.34. The molecule has 4 nitrogen and oxygen atoms in total. The van der Waals surface area contributed by atoms with Crippen molar-refractivity contribution in [3.05, 3.63) is 35.4 Å². The molecule has 0 radical (unpaired) electrons. The number of hydrogen-bond acceptors (Lipinski definition) is 3. The highest BCUT2D eigenvalue weighted by Crippen LogP contribution is 2.24. The van der Waals surface area contributed by atoms with Gasteiger partial charge < -0.3 is 15.4 Å². The Kier molecular flexibility index (Phi) is 3.53. The Morgan fingerprint density at radius 1 is 1.37 bits per heavy atom. The van der Waals surface area contributed by atoms with E-state index in [9.17, 15) is 4.79 Å². The Balaban J connectivity index is 1.66. The lowest BCUT2D eigenvalue weighted by molar-refractivity contribution is -0.141. The van der Waals surface area contributed by atoms with Gasteiger partial charge in [-0.25, -0.2) is 0 Å². The van der Waals surface area contributed by atoms with Gasteiger partial charge in [-0.2, -0.15) is 0 Å². The molecule has 0 aromatic heterocycles. The topological polar surface area (TPSA) is 55.6 Å². The van der Waals surface area contributed by atoms with Crippen LogP contribution in [0.15, 0.2) is 24.3 Å². The number of hydrogen-bond donors (Lipinski definition) is 1. The molecule has 2 aliphatic heterocycles. The summed E-state index contributed by atoms with van der Waals surface area (Å²) in [7, 11) is 0. The summed E-state index contributed by atoms with van der Waals surface area (Å²) in [6.07, 6.45) is 1.43. The van der Waals surface area contributed by atoms with Crippen molar-refractivity contribution in [1.29, 1.82) is 0 Å². The first-order valence-electron chi connectivity index (χ1n) is 6.95. The molecular formula is C15H20N2O2. The van der Waals surface area contributed by atoms with Crippen molar-refractivity contribution >= 4 is 5.91 Å². The molecule has 1 aromatic carbocycles. The maximum absolute atomic E-state index is 12.4. The second-order valence-electron chi connectivity index (χ2n) is 5.44. The minimum atomic E-state index is -0.279. The molecule has 102 valence electrons. The standard InChI is InChI=1S/C15H20N2O2/c16-8-11-7-14(19-10-11)15(18)17-6-5-12-3-1-2-4-13(12)9-17/h1-4,11,14H,5-10,16H2/t11?,14-/m0/s1. The Bertz CT molecular complexity index is 475. The molecule has 2 aliphatic rings. The van der Waals surface area contributed by atoms with E-state index in [4.69, 9.17) is 10.5 Å². The Hall–Kier alpha value is -1.39. The van der Waals surface area contributed by atoms with Gasteiger partial charge in [-0.3, -0.25) is 4.79 Å². The van der Waals surface area contributed by atoms with E-state index in [0.29, 0.717) is 25.6 Å². The quantitative estimate of drug-likeness (QED) is 0.861. The molecule has 19 heavy (non-hydrogen) atoms. The van der Waals surface area contributed by atoms with Crippen molar-refractivity contribution in [2.75, 3.05) is 19.7 Å². The zero-order chi connectivity index (χ0) is 13.2. The number of ether oxygens (including phenoxy) is 1. The largest absolute Gasteiger partial charge is 0.368 e. The van der Waals surface area contributed by atoms with Gasteiger partial charge in [-0.05, 0) is 36.4 Å². The van der Waals surface area contributed by atoms with Gasteiger partial charge in [-0.15, -0.1) is 0 Å². The predicted molar refractivity (Wildman–Crippen MR) is 72.5 cm³/mol. The van der Waals surface area contributed by atoms with Crippen LogP contribution in [0.4, 0.5) is 0 Å². The molecule has 1 aromatic rings. The van der Waals surface area contributed by atoms with Crippen LogP contribution in [0.2, 0.25) is 0 Å². The van der Waals surface area contributed by atoms with E-state index in [1.54, 1.807) is 0 Å². The van der Waals surface area contributed by atoms with Crippen molar-refractivity contribution in [2.45, 2.75) is 25.5 Å². The number of benzene rings is 1. The van der Waals surface area contributed by atoms with E-state index in [1.165, 1.54) is 11.1 Å². The molecule has 0 saturated carbocycles. The van der Waals surface area contributed by atoms with Crippen molar-refractivity contribution in [1.82, 2.24) is 4.90 Å². The number of carbonyl (C=O) groups excluding carboxylic acids is 1. The van der Waals surface area contributed by atoms with E-state index < -0.39 is 0 Å². The highest BCUT2D eigenvalue weighted by Gasteiger charge is 2.34. The number of amides is 1. The minimum absolute atomic E-state index is 0.130. The monoisotopic (exact) mass is 260 g/mol. The normalized spacial score (nSPS) is 26.3. The third kappa shape index (κ3) is 2.51. The second kappa shape index (κ2) is 5.31. The number of fused-ring (bicyclic) bond motifs is 1. The molecule has 2 atom stereocenters. The maximum Gasteiger partial charge on any atom is 0.252 e. The molecule has 1 unspecified atom stereocenters. The fourth-order valence-electron chi connectivity index (χ4n) is 2.91. The summed E-state index contributed by atoms with van der Waals surface area (Å²) in [5, 5.41) is 0. The average molecular weight is 260 g/mol. The minimum Gasteiger partial charge on any atom is -0.368 e. The first-order chi connectivity index (χ1) is 9.28. The van der Waals surface area contributed by atoms with Crippen molar-refractivity contribution in [3.8, 4) is 0 Å². The van der Waals surface area contributed by atoms with Crippen LogP contribution in [-0.4, -0.2) is 36.6 Å². The van der Waals surface area contributed by atoms with Crippen LogP contribution in [0.3, 0.4) is 0 Å². The van der Waals surface area contributed by atoms with Crippen molar-refractivity contribution < 1.29 is 9.53 Å². The first kappa shape index (κ1) is 12.6. The van der Waals surface area contributed by atoms with Gasteiger partial charge in [-0.1, -0.05) is 24.3 Å². The summed E-state index contributed by atoms with van der Waals surface area (Å²) in [6.45, 7) is 2.73. The number of rotatable bonds is 2. The van der Waals surface area contributed by atoms with Gasteiger partial charge >= 0.3 is 0 Å². The first-order valence-corrected chi connectivity index (χ1v) is 6.95. The van der Waals surface area contributed by atoms with Crippen LogP contribution < -0.4 is 5.73 Å². The molecule has 0 bridgehead atoms. The number of nitrogens with two attached hydrogens (primary N) is 1.